The summed E-state index contributed by atoms with van der Waals surface area (Å²) in [5.74, 6) is -0.659. The lowest BCUT2D eigenvalue weighted by atomic mass is 10.2. The number of nitrogens with two attached hydrogens (primary N) is 1. The van der Waals surface area contributed by atoms with Gasteiger partial charge in [0.15, 0.2) is 0 Å². The Bertz CT molecular complexity index is 646. The lowest BCUT2D eigenvalue weighted by Gasteiger charge is -2.09. The number of nitrogens with zero attached hydrogens (tertiary/aromatic N) is 1. The van der Waals surface area contributed by atoms with E-state index < -0.39 is 5.91 Å². The largest absolute Gasteiger partial charge is 0.384 e. The minimum Gasteiger partial charge on any atom is -0.384 e. The molecule has 1 aromatic heterocycles. The summed E-state index contributed by atoms with van der Waals surface area (Å²) in [7, 11) is 0. The van der Waals surface area contributed by atoms with Gasteiger partial charge in [0.25, 0.3) is 5.91 Å². The number of nitrogen functional groups attached to an aromatic ring is 1. The molecule has 0 fully saturated rings. The molecule has 0 radical (unpaired) electrons. The maximum Gasteiger partial charge on any atom is 0.275 e. The standard InChI is InChI=1S/C13H11ClFN3O/c1-7-6-8(15)2-4-10(7)17-13(19)12-9(14)3-5-11(16)18-12/h2-6H,1H3,(H2,16,18)(H,17,19). The van der Waals surface area contributed by atoms with Crippen molar-refractivity contribution in [3.05, 3.63) is 52.4 Å². The summed E-state index contributed by atoms with van der Waals surface area (Å²) in [4.78, 5) is 15.9. The molecule has 0 atom stereocenters. The molecular weight excluding hydrogens is 269 g/mol. The van der Waals surface area contributed by atoms with Gasteiger partial charge < -0.3 is 11.1 Å². The second kappa shape index (κ2) is 5.24. The van der Waals surface area contributed by atoms with E-state index in [1.165, 1.54) is 30.3 Å². The van der Waals surface area contributed by atoms with Crippen molar-refractivity contribution in [1.82, 2.24) is 4.98 Å². The highest BCUT2D eigenvalue weighted by atomic mass is 35.5. The van der Waals surface area contributed by atoms with Crippen LogP contribution in [0, 0.1) is 12.7 Å². The summed E-state index contributed by atoms with van der Waals surface area (Å²) in [6.45, 7) is 1.69. The topological polar surface area (TPSA) is 68.0 Å². The second-order valence-corrected chi connectivity index (χ2v) is 4.39. The van der Waals surface area contributed by atoms with E-state index in [9.17, 15) is 9.18 Å². The number of nitrogens with one attached hydrogen (secondary N) is 1. The van der Waals surface area contributed by atoms with Crippen LogP contribution in [0.1, 0.15) is 16.1 Å². The van der Waals surface area contributed by atoms with Crippen molar-refractivity contribution in [1.29, 1.82) is 0 Å². The third-order valence-electron chi connectivity index (χ3n) is 2.52. The molecule has 0 aliphatic rings. The van der Waals surface area contributed by atoms with Crippen LogP contribution in [0.25, 0.3) is 0 Å². The summed E-state index contributed by atoms with van der Waals surface area (Å²) in [6.07, 6.45) is 0. The Morgan fingerprint density at radius 2 is 2.11 bits per heavy atom. The zero-order chi connectivity index (χ0) is 14.0. The molecule has 2 rings (SSSR count). The molecule has 0 saturated carbocycles. The van der Waals surface area contributed by atoms with Crippen molar-refractivity contribution in [2.45, 2.75) is 6.92 Å². The number of benzene rings is 1. The number of aryl methyl sites for hydroxylation is 1. The number of carbonyl (C=O) groups excluding carboxylic acids is 1. The van der Waals surface area contributed by atoms with Crippen LogP contribution in [0.4, 0.5) is 15.9 Å². The van der Waals surface area contributed by atoms with Crippen LogP contribution in [-0.4, -0.2) is 10.9 Å². The monoisotopic (exact) mass is 279 g/mol. The van der Waals surface area contributed by atoms with Crippen molar-refractivity contribution in [2.24, 2.45) is 0 Å². The van der Waals surface area contributed by atoms with Gasteiger partial charge in [-0.3, -0.25) is 4.79 Å². The van der Waals surface area contributed by atoms with Crippen molar-refractivity contribution < 1.29 is 9.18 Å². The van der Waals surface area contributed by atoms with Crippen molar-refractivity contribution in [3.63, 3.8) is 0 Å². The molecule has 19 heavy (non-hydrogen) atoms. The fourth-order valence-electron chi connectivity index (χ4n) is 1.57. The summed E-state index contributed by atoms with van der Waals surface area (Å²) >= 11 is 5.88. The van der Waals surface area contributed by atoms with E-state index >= 15 is 0 Å². The molecule has 6 heteroatoms. The Balaban J connectivity index is 2.28. The van der Waals surface area contributed by atoms with Crippen LogP contribution in [0.5, 0.6) is 0 Å². The van der Waals surface area contributed by atoms with E-state index in [1.807, 2.05) is 0 Å². The van der Waals surface area contributed by atoms with E-state index in [0.717, 1.165) is 0 Å². The van der Waals surface area contributed by atoms with Gasteiger partial charge >= 0.3 is 0 Å². The third kappa shape index (κ3) is 3.00. The van der Waals surface area contributed by atoms with Gasteiger partial charge in [-0.2, -0.15) is 0 Å². The van der Waals surface area contributed by atoms with Crippen molar-refractivity contribution in [2.75, 3.05) is 11.1 Å². The molecular formula is C13H11ClFN3O. The minimum absolute atomic E-state index is 0.0328. The van der Waals surface area contributed by atoms with Gasteiger partial charge in [0, 0.05) is 5.69 Å². The lowest BCUT2D eigenvalue weighted by molar-refractivity contribution is 0.102. The van der Waals surface area contributed by atoms with E-state index in [1.54, 1.807) is 6.92 Å². The normalized spacial score (nSPS) is 10.3. The minimum atomic E-state index is -0.494. The molecule has 0 aliphatic heterocycles. The molecule has 0 aliphatic carbocycles. The smallest absolute Gasteiger partial charge is 0.275 e. The second-order valence-electron chi connectivity index (χ2n) is 3.98. The van der Waals surface area contributed by atoms with Crippen LogP contribution in [0.3, 0.4) is 0 Å². The number of amides is 1. The maximum atomic E-state index is 13.0. The lowest BCUT2D eigenvalue weighted by Crippen LogP contribution is -2.15. The third-order valence-corrected chi connectivity index (χ3v) is 2.82. The maximum absolute atomic E-state index is 13.0. The molecule has 1 amide bonds. The molecule has 1 heterocycles. The first-order valence-corrected chi connectivity index (χ1v) is 5.84. The molecule has 0 saturated heterocycles. The Morgan fingerprint density at radius 3 is 2.79 bits per heavy atom. The molecule has 0 spiro atoms. The number of halogens is 2. The average Bonchev–Trinajstić information content (AvgIpc) is 2.35. The predicted octanol–water partition coefficient (Wildman–Crippen LogP) is 3.02. The van der Waals surface area contributed by atoms with Gasteiger partial charge in [0.2, 0.25) is 0 Å². The summed E-state index contributed by atoms with van der Waals surface area (Å²) in [5, 5.41) is 2.81. The fraction of sp³-hybridized carbons (Fsp3) is 0.0769. The molecule has 0 bridgehead atoms. The highest BCUT2D eigenvalue weighted by molar-refractivity contribution is 6.34. The molecule has 98 valence electrons. The predicted molar refractivity (Wildman–Crippen MR) is 72.7 cm³/mol. The van der Waals surface area contributed by atoms with Crippen LogP contribution < -0.4 is 11.1 Å². The number of anilines is 2. The Kier molecular flexibility index (Phi) is 3.66. The van der Waals surface area contributed by atoms with E-state index in [-0.39, 0.29) is 22.4 Å². The van der Waals surface area contributed by atoms with Gasteiger partial charge in [0.1, 0.15) is 17.3 Å². The number of pyridine rings is 1. The van der Waals surface area contributed by atoms with Gasteiger partial charge in [-0.15, -0.1) is 0 Å². The van der Waals surface area contributed by atoms with Crippen LogP contribution in [0.15, 0.2) is 30.3 Å². The first kappa shape index (κ1) is 13.3. The number of hydrogen-bond acceptors (Lipinski definition) is 3. The van der Waals surface area contributed by atoms with Gasteiger partial charge in [-0.05, 0) is 42.8 Å². The number of carbonyl (C=O) groups is 1. The van der Waals surface area contributed by atoms with Crippen molar-refractivity contribution in [3.8, 4) is 0 Å². The quantitative estimate of drug-likeness (QED) is 0.888. The fourth-order valence-corrected chi connectivity index (χ4v) is 1.76. The molecule has 3 N–H and O–H groups in total. The molecule has 4 nitrogen and oxygen atoms in total. The Morgan fingerprint density at radius 1 is 1.37 bits per heavy atom. The van der Waals surface area contributed by atoms with Gasteiger partial charge in [-0.1, -0.05) is 11.6 Å². The summed E-state index contributed by atoms with van der Waals surface area (Å²) in [6, 6.07) is 7.06. The first-order chi connectivity index (χ1) is 8.97. The Labute approximate surface area is 114 Å². The molecule has 1 aromatic carbocycles. The first-order valence-electron chi connectivity index (χ1n) is 5.47. The van der Waals surface area contributed by atoms with Gasteiger partial charge in [0.05, 0.1) is 5.02 Å². The average molecular weight is 280 g/mol. The van der Waals surface area contributed by atoms with Crippen LogP contribution >= 0.6 is 11.6 Å². The SMILES string of the molecule is Cc1cc(F)ccc1NC(=O)c1nc(N)ccc1Cl. The highest BCUT2D eigenvalue weighted by Crippen LogP contribution is 2.20. The van der Waals surface area contributed by atoms with Crippen molar-refractivity contribution >= 4 is 29.0 Å². The molecule has 2 aromatic rings. The summed E-state index contributed by atoms with van der Waals surface area (Å²) in [5.41, 5.74) is 6.64. The number of aromatic nitrogens is 1. The van der Waals surface area contributed by atoms with Crippen LogP contribution in [-0.2, 0) is 0 Å². The Hall–Kier alpha value is -2.14. The van der Waals surface area contributed by atoms with Gasteiger partial charge in [-0.25, -0.2) is 9.37 Å². The number of rotatable bonds is 2. The summed E-state index contributed by atoms with van der Waals surface area (Å²) < 4.78 is 13.0. The van der Waals surface area contributed by atoms with E-state index in [4.69, 9.17) is 17.3 Å². The zero-order valence-electron chi connectivity index (χ0n) is 10.1. The van der Waals surface area contributed by atoms with E-state index in [0.29, 0.717) is 11.3 Å². The molecule has 0 unspecified atom stereocenters. The zero-order valence-corrected chi connectivity index (χ0v) is 10.8. The number of hydrogen-bond donors (Lipinski definition) is 2. The van der Waals surface area contributed by atoms with E-state index in [2.05, 4.69) is 10.3 Å². The van der Waals surface area contributed by atoms with Crippen LogP contribution in [0.2, 0.25) is 5.02 Å². The highest BCUT2D eigenvalue weighted by Gasteiger charge is 2.14.